The molecular weight excluding hydrogens is 685 g/mol. The third-order valence-electron chi connectivity index (χ3n) is 7.72. The van der Waals surface area contributed by atoms with Crippen LogP contribution in [0.2, 0.25) is 10.0 Å². The lowest BCUT2D eigenvalue weighted by atomic mass is 10.0. The second kappa shape index (κ2) is 16.5. The van der Waals surface area contributed by atoms with E-state index in [9.17, 15) is 9.59 Å². The highest BCUT2D eigenvalue weighted by atomic mass is 35.5. The Labute approximate surface area is 300 Å². The number of halogens is 2. The van der Waals surface area contributed by atoms with E-state index in [1.807, 2.05) is 92.9 Å². The van der Waals surface area contributed by atoms with Gasteiger partial charge in [0.2, 0.25) is 11.8 Å². The number of piperidine rings is 1. The zero-order valence-corrected chi connectivity index (χ0v) is 30.4. The molecule has 1 aliphatic rings. The quantitative estimate of drug-likeness (QED) is 0.129. The van der Waals surface area contributed by atoms with E-state index in [0.717, 1.165) is 64.9 Å². The average molecular weight is 727 g/mol. The minimum absolute atomic E-state index is 0.00918. The number of nitrogens with one attached hydrogen (secondary N) is 2. The second-order valence-electron chi connectivity index (χ2n) is 12.9. The van der Waals surface area contributed by atoms with Gasteiger partial charge in [-0.2, -0.15) is 0 Å². The fraction of sp³-hybridized carbons (Fsp3) is 0.361. The summed E-state index contributed by atoms with van der Waals surface area (Å²) in [6.07, 6.45) is 2.20. The first-order chi connectivity index (χ1) is 22.9. The summed E-state index contributed by atoms with van der Waals surface area (Å²) in [6, 6.07) is 20.4. The van der Waals surface area contributed by atoms with Crippen molar-refractivity contribution >= 4 is 63.8 Å². The Morgan fingerprint density at radius 2 is 1.77 bits per heavy atom. The first-order valence-electron chi connectivity index (χ1n) is 15.9. The number of anilines is 1. The Balaban J connectivity index is 1.05. The number of hydrogen-bond donors (Lipinski definition) is 3. The van der Waals surface area contributed by atoms with Gasteiger partial charge in [-0.15, -0.1) is 11.3 Å². The number of amides is 2. The third-order valence-corrected chi connectivity index (χ3v) is 10.5. The number of benzene rings is 3. The number of aromatic nitrogens is 1. The van der Waals surface area contributed by atoms with E-state index in [1.165, 1.54) is 23.1 Å². The lowest BCUT2D eigenvalue weighted by Gasteiger charge is -2.32. The molecule has 0 radical (unpaired) electrons. The molecule has 1 unspecified atom stereocenters. The summed E-state index contributed by atoms with van der Waals surface area (Å²) in [5.41, 5.74) is 10.4. The van der Waals surface area contributed by atoms with Gasteiger partial charge in [0.1, 0.15) is 11.4 Å². The molecule has 1 atom stereocenters. The van der Waals surface area contributed by atoms with Gasteiger partial charge in [0, 0.05) is 42.3 Å². The van der Waals surface area contributed by atoms with Crippen molar-refractivity contribution in [3.8, 4) is 17.0 Å². The smallest absolute Gasteiger partial charge is 0.241 e. The van der Waals surface area contributed by atoms with Crippen molar-refractivity contribution in [2.45, 2.75) is 68.6 Å². The summed E-state index contributed by atoms with van der Waals surface area (Å²) >= 11 is 15.1. The molecule has 0 aliphatic carbocycles. The molecule has 0 bridgehead atoms. The minimum Gasteiger partial charge on any atom is -0.488 e. The number of nitrogens with zero attached hydrogens (tertiary/aromatic N) is 2. The monoisotopic (exact) mass is 725 g/mol. The maximum Gasteiger partial charge on any atom is 0.241 e. The van der Waals surface area contributed by atoms with Gasteiger partial charge in [-0.3, -0.25) is 14.5 Å². The van der Waals surface area contributed by atoms with Crippen LogP contribution in [0.5, 0.6) is 5.75 Å². The van der Waals surface area contributed by atoms with Crippen LogP contribution >= 0.6 is 46.3 Å². The first-order valence-corrected chi connectivity index (χ1v) is 18.5. The Bertz CT molecular complexity index is 1700. The Morgan fingerprint density at radius 3 is 2.48 bits per heavy atom. The molecule has 12 heteroatoms. The standard InChI is InChI=1S/C36H41Cl2N5O3S2/c1-36(2,3)46-28-10-7-23(8-11-28)18-31(39)34(45)41-27-6-4-5-25(19-27)32-21-47-35(42-32)48-22-33(44)40-26-13-15-43(16-14-26)20-24-9-12-29(37)30(38)17-24/h4-12,17,19,21,26,31H,13-16,18,20,22,39H2,1-3H3,(H,40,44)(H,41,45). The van der Waals surface area contributed by atoms with Gasteiger partial charge in [0.15, 0.2) is 4.34 Å². The van der Waals surface area contributed by atoms with E-state index in [4.69, 9.17) is 38.7 Å². The molecule has 4 aromatic rings. The Hall–Kier alpha value is -3.12. The van der Waals surface area contributed by atoms with Gasteiger partial charge < -0.3 is 21.1 Å². The molecule has 4 N–H and O–H groups in total. The maximum atomic E-state index is 12.9. The molecule has 0 saturated carbocycles. The van der Waals surface area contributed by atoms with Gasteiger partial charge in [-0.1, -0.05) is 65.3 Å². The van der Waals surface area contributed by atoms with Crippen LogP contribution in [0, 0.1) is 0 Å². The number of nitrogens with two attached hydrogens (primary N) is 1. The van der Waals surface area contributed by atoms with E-state index in [0.29, 0.717) is 27.9 Å². The zero-order valence-electron chi connectivity index (χ0n) is 27.3. The van der Waals surface area contributed by atoms with Gasteiger partial charge in [-0.25, -0.2) is 4.98 Å². The third kappa shape index (κ3) is 10.9. The highest BCUT2D eigenvalue weighted by Gasteiger charge is 2.22. The molecule has 48 heavy (non-hydrogen) atoms. The SMILES string of the molecule is CC(C)(C)Oc1ccc(CC(N)C(=O)Nc2cccc(-c3csc(SCC(=O)NC4CCN(Cc5ccc(Cl)c(Cl)c5)CC4)n3)c2)cc1. The van der Waals surface area contributed by atoms with Crippen LogP contribution in [0.1, 0.15) is 44.7 Å². The van der Waals surface area contributed by atoms with Crippen molar-refractivity contribution < 1.29 is 14.3 Å². The van der Waals surface area contributed by atoms with Crippen LogP contribution in [0.3, 0.4) is 0 Å². The summed E-state index contributed by atoms with van der Waals surface area (Å²) in [6.45, 7) is 8.61. The average Bonchev–Trinajstić information content (AvgIpc) is 3.52. The summed E-state index contributed by atoms with van der Waals surface area (Å²) in [4.78, 5) is 32.7. The Kier molecular flexibility index (Phi) is 12.4. The molecule has 5 rings (SSSR count). The van der Waals surface area contributed by atoms with E-state index in [1.54, 1.807) is 0 Å². The molecular formula is C36H41Cl2N5O3S2. The summed E-state index contributed by atoms with van der Waals surface area (Å²) < 4.78 is 6.68. The van der Waals surface area contributed by atoms with Crippen molar-refractivity contribution in [2.24, 2.45) is 5.73 Å². The van der Waals surface area contributed by atoms with E-state index in [-0.39, 0.29) is 23.5 Å². The van der Waals surface area contributed by atoms with Gasteiger partial charge in [0.25, 0.3) is 0 Å². The number of carbonyl (C=O) groups excluding carboxylic acids is 2. The summed E-state index contributed by atoms with van der Waals surface area (Å²) in [5.74, 6) is 0.823. The van der Waals surface area contributed by atoms with E-state index in [2.05, 4.69) is 15.5 Å². The largest absolute Gasteiger partial charge is 0.488 e. The lowest BCUT2D eigenvalue weighted by Crippen LogP contribution is -2.44. The van der Waals surface area contributed by atoms with Crippen LogP contribution in [0.25, 0.3) is 11.3 Å². The molecule has 254 valence electrons. The predicted octanol–water partition coefficient (Wildman–Crippen LogP) is 7.68. The molecule has 2 heterocycles. The molecule has 2 amide bonds. The molecule has 1 aliphatic heterocycles. The van der Waals surface area contributed by atoms with E-state index >= 15 is 0 Å². The van der Waals surface area contributed by atoms with Gasteiger partial charge in [0.05, 0.1) is 27.5 Å². The lowest BCUT2D eigenvalue weighted by molar-refractivity contribution is -0.119. The maximum absolute atomic E-state index is 12.9. The number of carbonyl (C=O) groups is 2. The van der Waals surface area contributed by atoms with Gasteiger partial charge >= 0.3 is 0 Å². The van der Waals surface area contributed by atoms with Gasteiger partial charge in [-0.05, 0) is 87.6 Å². The molecule has 3 aromatic carbocycles. The summed E-state index contributed by atoms with van der Waals surface area (Å²) in [5, 5.41) is 9.21. The van der Waals surface area contributed by atoms with Crippen LogP contribution in [-0.4, -0.2) is 58.2 Å². The zero-order chi connectivity index (χ0) is 34.3. The van der Waals surface area contributed by atoms with Crippen LogP contribution < -0.4 is 21.1 Å². The number of thiazole rings is 1. The molecule has 1 aromatic heterocycles. The topological polar surface area (TPSA) is 110 Å². The fourth-order valence-electron chi connectivity index (χ4n) is 5.37. The molecule has 1 fully saturated rings. The van der Waals surface area contributed by atoms with Crippen LogP contribution in [0.15, 0.2) is 76.4 Å². The number of rotatable bonds is 12. The Morgan fingerprint density at radius 1 is 1.04 bits per heavy atom. The molecule has 1 saturated heterocycles. The highest BCUT2D eigenvalue weighted by molar-refractivity contribution is 8.01. The second-order valence-corrected chi connectivity index (χ2v) is 15.8. The highest BCUT2D eigenvalue weighted by Crippen LogP contribution is 2.30. The minimum atomic E-state index is -0.710. The first kappa shape index (κ1) is 36.2. The van der Waals surface area contributed by atoms with Crippen molar-refractivity contribution in [1.82, 2.24) is 15.2 Å². The van der Waals surface area contributed by atoms with Crippen LogP contribution in [-0.2, 0) is 22.6 Å². The summed E-state index contributed by atoms with van der Waals surface area (Å²) in [7, 11) is 0. The normalized spacial score (nSPS) is 14.8. The number of hydrogen-bond acceptors (Lipinski definition) is 8. The van der Waals surface area contributed by atoms with Crippen molar-refractivity contribution in [1.29, 1.82) is 0 Å². The number of likely N-dealkylation sites (tertiary alicyclic amines) is 1. The fourth-order valence-corrected chi connectivity index (χ4v) is 7.34. The van der Waals surface area contributed by atoms with Crippen LogP contribution in [0.4, 0.5) is 5.69 Å². The van der Waals surface area contributed by atoms with Crippen molar-refractivity contribution in [3.63, 3.8) is 0 Å². The van der Waals surface area contributed by atoms with Crippen molar-refractivity contribution in [3.05, 3.63) is 93.3 Å². The number of ether oxygens (including phenoxy) is 1. The van der Waals surface area contributed by atoms with Crippen molar-refractivity contribution in [2.75, 3.05) is 24.2 Å². The molecule has 8 nitrogen and oxygen atoms in total. The molecule has 0 spiro atoms. The number of thioether (sulfide) groups is 1. The predicted molar refractivity (Wildman–Crippen MR) is 198 cm³/mol. The van der Waals surface area contributed by atoms with E-state index < -0.39 is 6.04 Å².